The Morgan fingerprint density at radius 1 is 0.975 bits per heavy atom. The molecular weight excluding hydrogens is 518 g/mol. The third-order valence-electron chi connectivity index (χ3n) is 5.18. The van der Waals surface area contributed by atoms with Crippen molar-refractivity contribution in [2.24, 2.45) is 0 Å². The van der Waals surface area contributed by atoms with E-state index >= 15 is 0 Å². The van der Waals surface area contributed by atoms with Gasteiger partial charge in [0.1, 0.15) is 29.0 Å². The van der Waals surface area contributed by atoms with Crippen molar-refractivity contribution >= 4 is 23.8 Å². The first kappa shape index (κ1) is 30.2. The van der Waals surface area contributed by atoms with Crippen molar-refractivity contribution < 1.29 is 38.1 Å². The quantitative estimate of drug-likeness (QED) is 0.319. The minimum Gasteiger partial charge on any atom is -0.488 e. The summed E-state index contributed by atoms with van der Waals surface area (Å²) in [7, 11) is 1.57. The minimum absolute atomic E-state index is 0.171. The van der Waals surface area contributed by atoms with Crippen LogP contribution in [0.2, 0.25) is 0 Å². The number of carbonyl (C=O) groups is 3. The van der Waals surface area contributed by atoms with Crippen molar-refractivity contribution in [1.29, 1.82) is 0 Å². The van der Waals surface area contributed by atoms with Crippen LogP contribution in [0, 0.1) is 6.92 Å². The van der Waals surface area contributed by atoms with Crippen molar-refractivity contribution in [3.05, 3.63) is 65.4 Å². The van der Waals surface area contributed by atoms with E-state index in [-0.39, 0.29) is 24.1 Å². The van der Waals surface area contributed by atoms with Gasteiger partial charge < -0.3 is 29.0 Å². The molecule has 1 heterocycles. The lowest BCUT2D eigenvalue weighted by Gasteiger charge is -2.19. The third-order valence-corrected chi connectivity index (χ3v) is 5.18. The number of aryl methyl sites for hydroxylation is 1. The average molecular weight is 554 g/mol. The van der Waals surface area contributed by atoms with E-state index in [0.29, 0.717) is 35.1 Å². The van der Waals surface area contributed by atoms with Gasteiger partial charge in [-0.2, -0.15) is 4.68 Å². The Hall–Kier alpha value is -4.38. The molecule has 0 aliphatic carbocycles. The summed E-state index contributed by atoms with van der Waals surface area (Å²) < 4.78 is 28.5. The number of aromatic nitrogens is 2. The predicted molar refractivity (Wildman–Crippen MR) is 147 cm³/mol. The largest absolute Gasteiger partial charge is 0.488 e. The molecule has 0 radical (unpaired) electrons. The number of hydrogen-bond donors (Lipinski definition) is 1. The Kier molecular flexibility index (Phi) is 9.89. The molecule has 3 rings (SSSR count). The number of esters is 1. The van der Waals surface area contributed by atoms with Crippen molar-refractivity contribution in [1.82, 2.24) is 9.78 Å². The van der Waals surface area contributed by atoms with Gasteiger partial charge in [0.2, 0.25) is 0 Å². The standard InChI is InChI=1S/C29H35N3O8/c1-8-37-27(34)20-9-11-22(12-10-20)39-24-15-21(14-23(16-24)38-19(3)17-36-7)26(33)30-25-13-18(2)32(31-25)28(35)40-29(4,5)6/h9-16,19H,8,17H2,1-7H3,(H,30,31,33)/t19-/m0/s1. The molecule has 0 aliphatic rings. The highest BCUT2D eigenvalue weighted by Crippen LogP contribution is 2.29. The second kappa shape index (κ2) is 13.1. The summed E-state index contributed by atoms with van der Waals surface area (Å²) in [6.07, 6.45) is -0.954. The lowest BCUT2D eigenvalue weighted by atomic mass is 10.1. The summed E-state index contributed by atoms with van der Waals surface area (Å²) in [4.78, 5) is 37.6. The summed E-state index contributed by atoms with van der Waals surface area (Å²) in [5.74, 6) is 0.385. The number of amides is 1. The summed E-state index contributed by atoms with van der Waals surface area (Å²) in [6, 6.07) is 12.7. The van der Waals surface area contributed by atoms with Crippen LogP contribution in [0.4, 0.5) is 10.6 Å². The number of nitrogens with zero attached hydrogens (tertiary/aromatic N) is 2. The van der Waals surface area contributed by atoms with E-state index in [1.54, 1.807) is 90.3 Å². The number of benzene rings is 2. The van der Waals surface area contributed by atoms with Gasteiger partial charge in [-0.25, -0.2) is 9.59 Å². The van der Waals surface area contributed by atoms with Gasteiger partial charge in [-0.1, -0.05) is 0 Å². The highest BCUT2D eigenvalue weighted by Gasteiger charge is 2.21. The van der Waals surface area contributed by atoms with Crippen LogP contribution in [0.25, 0.3) is 0 Å². The minimum atomic E-state index is -0.700. The first-order chi connectivity index (χ1) is 18.9. The molecule has 0 saturated heterocycles. The van der Waals surface area contributed by atoms with E-state index in [9.17, 15) is 14.4 Å². The van der Waals surface area contributed by atoms with Crippen LogP contribution in [0.1, 0.15) is 61.0 Å². The van der Waals surface area contributed by atoms with Crippen LogP contribution < -0.4 is 14.8 Å². The predicted octanol–water partition coefficient (Wildman–Crippen LogP) is 5.61. The Balaban J connectivity index is 1.84. The molecule has 1 atom stereocenters. The molecule has 11 heteroatoms. The first-order valence-electron chi connectivity index (χ1n) is 12.8. The molecule has 1 aromatic heterocycles. The zero-order valence-electron chi connectivity index (χ0n) is 23.8. The Morgan fingerprint density at radius 2 is 1.65 bits per heavy atom. The Labute approximate surface area is 233 Å². The molecular formula is C29H35N3O8. The second-order valence-corrected chi connectivity index (χ2v) is 9.94. The van der Waals surface area contributed by atoms with Gasteiger partial charge in [-0.3, -0.25) is 4.79 Å². The van der Waals surface area contributed by atoms with Gasteiger partial charge in [0.15, 0.2) is 5.82 Å². The number of hydrogen-bond acceptors (Lipinski definition) is 9. The highest BCUT2D eigenvalue weighted by atomic mass is 16.6. The lowest BCUT2D eigenvalue weighted by molar-refractivity contribution is 0.0506. The van der Waals surface area contributed by atoms with Crippen molar-refractivity contribution in [2.75, 3.05) is 25.6 Å². The van der Waals surface area contributed by atoms with Crippen LogP contribution in [0.5, 0.6) is 17.2 Å². The summed E-state index contributed by atoms with van der Waals surface area (Å²) >= 11 is 0. The van der Waals surface area contributed by atoms with Gasteiger partial charge in [0, 0.05) is 30.5 Å². The lowest BCUT2D eigenvalue weighted by Crippen LogP contribution is -2.28. The second-order valence-electron chi connectivity index (χ2n) is 9.94. The smallest absolute Gasteiger partial charge is 0.435 e. The number of anilines is 1. The van der Waals surface area contributed by atoms with Gasteiger partial charge >= 0.3 is 12.1 Å². The molecule has 11 nitrogen and oxygen atoms in total. The maximum atomic E-state index is 13.2. The van der Waals surface area contributed by atoms with E-state index < -0.39 is 23.6 Å². The van der Waals surface area contributed by atoms with E-state index in [1.807, 2.05) is 6.92 Å². The zero-order valence-corrected chi connectivity index (χ0v) is 23.8. The first-order valence-corrected chi connectivity index (χ1v) is 12.8. The fraction of sp³-hybridized carbons (Fsp3) is 0.379. The van der Waals surface area contributed by atoms with Gasteiger partial charge in [0.25, 0.3) is 5.91 Å². The summed E-state index contributed by atoms with van der Waals surface area (Å²) in [6.45, 7) is 11.1. The zero-order chi connectivity index (χ0) is 29.4. The molecule has 40 heavy (non-hydrogen) atoms. The fourth-order valence-corrected chi connectivity index (χ4v) is 3.55. The molecule has 0 fully saturated rings. The van der Waals surface area contributed by atoms with Crippen molar-refractivity contribution in [3.8, 4) is 17.2 Å². The van der Waals surface area contributed by atoms with Crippen molar-refractivity contribution in [2.45, 2.75) is 53.2 Å². The van der Waals surface area contributed by atoms with Crippen LogP contribution in [0.3, 0.4) is 0 Å². The highest BCUT2D eigenvalue weighted by molar-refractivity contribution is 6.04. The molecule has 2 aromatic carbocycles. The SMILES string of the molecule is CCOC(=O)c1ccc(Oc2cc(O[C@@H](C)COC)cc(C(=O)Nc3cc(C)n(C(=O)OC(C)(C)C)n3)c2)cc1. The molecule has 0 bridgehead atoms. The topological polar surface area (TPSA) is 127 Å². The summed E-state index contributed by atoms with van der Waals surface area (Å²) in [5, 5.41) is 6.87. The molecule has 0 spiro atoms. The molecule has 1 N–H and O–H groups in total. The maximum absolute atomic E-state index is 13.2. The number of carbonyl (C=O) groups excluding carboxylic acids is 3. The molecule has 0 saturated carbocycles. The van der Waals surface area contributed by atoms with Crippen molar-refractivity contribution in [3.63, 3.8) is 0 Å². The van der Waals surface area contributed by atoms with E-state index in [2.05, 4.69) is 10.4 Å². The van der Waals surface area contributed by atoms with Crippen LogP contribution in [-0.4, -0.2) is 59.8 Å². The van der Waals surface area contributed by atoms with E-state index in [4.69, 9.17) is 23.7 Å². The van der Waals surface area contributed by atoms with E-state index in [0.717, 1.165) is 4.68 Å². The van der Waals surface area contributed by atoms with Gasteiger partial charge in [0.05, 0.1) is 18.8 Å². The number of rotatable bonds is 10. The maximum Gasteiger partial charge on any atom is 0.435 e. The molecule has 3 aromatic rings. The van der Waals surface area contributed by atoms with Crippen LogP contribution in [-0.2, 0) is 14.2 Å². The van der Waals surface area contributed by atoms with Crippen LogP contribution >= 0.6 is 0 Å². The normalized spacial score (nSPS) is 11.9. The van der Waals surface area contributed by atoms with E-state index in [1.165, 1.54) is 0 Å². The molecule has 1 amide bonds. The third kappa shape index (κ3) is 8.57. The average Bonchev–Trinajstić information content (AvgIpc) is 3.23. The number of nitrogens with one attached hydrogen (secondary N) is 1. The van der Waals surface area contributed by atoms with Gasteiger partial charge in [-0.15, -0.1) is 5.10 Å². The molecule has 214 valence electrons. The molecule has 0 aliphatic heterocycles. The van der Waals surface area contributed by atoms with Gasteiger partial charge in [-0.05, 0) is 77.9 Å². The Bertz CT molecular complexity index is 1340. The van der Waals surface area contributed by atoms with Crippen LogP contribution in [0.15, 0.2) is 48.5 Å². The molecule has 0 unspecified atom stereocenters. The fourth-order valence-electron chi connectivity index (χ4n) is 3.55. The monoisotopic (exact) mass is 553 g/mol. The number of ether oxygens (including phenoxy) is 5. The Morgan fingerprint density at radius 3 is 2.27 bits per heavy atom. The summed E-state index contributed by atoms with van der Waals surface area (Å²) in [5.41, 5.74) is 0.408. The number of methoxy groups -OCH3 is 1.